The number of nitrogens with zero attached hydrogens (tertiary/aromatic N) is 4. The van der Waals surface area contributed by atoms with Crippen LogP contribution < -0.4 is 4.87 Å². The average Bonchev–Trinajstić information content (AvgIpc) is 3.44. The molecule has 184 valence electrons. The first kappa shape index (κ1) is 24.7. The summed E-state index contributed by atoms with van der Waals surface area (Å²) in [6.45, 7) is 0.240. The maximum absolute atomic E-state index is 13.2. The fourth-order valence-electron chi connectivity index (χ4n) is 3.62. The van der Waals surface area contributed by atoms with E-state index in [0.717, 1.165) is 21.2 Å². The third-order valence-electron chi connectivity index (χ3n) is 5.53. The van der Waals surface area contributed by atoms with Crippen LogP contribution in [0.5, 0.6) is 0 Å². The molecule has 5 rings (SSSR count). The van der Waals surface area contributed by atoms with Crippen molar-refractivity contribution < 1.29 is 12.9 Å². The quantitative estimate of drug-likeness (QED) is 0.268. The highest BCUT2D eigenvalue weighted by atomic mass is 35.5. The summed E-state index contributed by atoms with van der Waals surface area (Å²) in [5.74, 6) is 0.478. The Hall–Kier alpha value is -3.02. The topological polar surface area (TPSA) is 98.3 Å². The van der Waals surface area contributed by atoms with Gasteiger partial charge in [-0.2, -0.15) is 9.29 Å². The Balaban J connectivity index is 1.37. The van der Waals surface area contributed by atoms with E-state index in [0.29, 0.717) is 38.2 Å². The number of fused-ring (bicyclic) bond motifs is 1. The smallest absolute Gasteiger partial charge is 0.308 e. The number of hydrogen-bond donors (Lipinski definition) is 0. The van der Waals surface area contributed by atoms with Crippen molar-refractivity contribution >= 4 is 54.8 Å². The molecule has 0 amide bonds. The van der Waals surface area contributed by atoms with Gasteiger partial charge in [-0.25, -0.2) is 8.42 Å². The van der Waals surface area contributed by atoms with E-state index in [-0.39, 0.29) is 22.2 Å². The van der Waals surface area contributed by atoms with Crippen LogP contribution in [0, 0.1) is 0 Å². The Labute approximate surface area is 220 Å². The average molecular weight is 561 g/mol. The Morgan fingerprint density at radius 1 is 1.00 bits per heavy atom. The van der Waals surface area contributed by atoms with E-state index in [9.17, 15) is 13.2 Å². The first-order valence-corrected chi connectivity index (χ1v) is 13.6. The van der Waals surface area contributed by atoms with E-state index in [4.69, 9.17) is 27.7 Å². The Morgan fingerprint density at radius 2 is 1.67 bits per heavy atom. The van der Waals surface area contributed by atoms with Crippen LogP contribution in [0.1, 0.15) is 11.5 Å². The van der Waals surface area contributed by atoms with Crippen LogP contribution in [0.25, 0.3) is 21.6 Å². The molecule has 0 saturated heterocycles. The predicted molar refractivity (Wildman–Crippen MR) is 140 cm³/mol. The Kier molecular flexibility index (Phi) is 6.71. The lowest BCUT2D eigenvalue weighted by molar-refractivity contribution is 0.337. The zero-order valence-electron chi connectivity index (χ0n) is 18.8. The van der Waals surface area contributed by atoms with E-state index in [1.165, 1.54) is 19.2 Å². The molecule has 5 aromatic rings. The van der Waals surface area contributed by atoms with Crippen molar-refractivity contribution in [2.45, 2.75) is 18.0 Å². The molecule has 0 spiro atoms. The Morgan fingerprint density at radius 3 is 2.36 bits per heavy atom. The maximum Gasteiger partial charge on any atom is 0.308 e. The van der Waals surface area contributed by atoms with Gasteiger partial charge in [0.1, 0.15) is 0 Å². The van der Waals surface area contributed by atoms with Gasteiger partial charge in [-0.1, -0.05) is 51.8 Å². The molecule has 8 nitrogen and oxygen atoms in total. The normalized spacial score (nSPS) is 12.0. The first-order chi connectivity index (χ1) is 17.2. The zero-order valence-corrected chi connectivity index (χ0v) is 21.9. The summed E-state index contributed by atoms with van der Waals surface area (Å²) in [6, 6.07) is 18.8. The molecule has 12 heteroatoms. The number of benzene rings is 3. The van der Waals surface area contributed by atoms with Gasteiger partial charge in [0.2, 0.25) is 21.7 Å². The van der Waals surface area contributed by atoms with Crippen molar-refractivity contribution in [2.75, 3.05) is 7.05 Å². The van der Waals surface area contributed by atoms with Gasteiger partial charge in [-0.05, 0) is 60.2 Å². The summed E-state index contributed by atoms with van der Waals surface area (Å²) >= 11 is 12.9. The largest absolute Gasteiger partial charge is 0.338 e. The minimum absolute atomic E-state index is 0.0647. The second-order valence-corrected chi connectivity index (χ2v) is 11.9. The molecule has 0 unspecified atom stereocenters. The fraction of sp³-hybridized carbons (Fsp3) is 0.125. The number of thiazole rings is 1. The SMILES string of the molecule is CN(Cc1nc(-c2ccc(Cl)cc2)no1)S(=O)(=O)c1ccc2c(c1)sc(=O)n2Cc1ccc(Cl)cc1. The number of sulfonamides is 1. The van der Waals surface area contributed by atoms with Crippen LogP contribution >= 0.6 is 34.5 Å². The summed E-state index contributed by atoms with van der Waals surface area (Å²) < 4.78 is 35.0. The summed E-state index contributed by atoms with van der Waals surface area (Å²) in [6.07, 6.45) is 0. The minimum Gasteiger partial charge on any atom is -0.338 e. The molecule has 0 radical (unpaired) electrons. The van der Waals surface area contributed by atoms with Crippen molar-refractivity contribution in [1.82, 2.24) is 19.0 Å². The van der Waals surface area contributed by atoms with Crippen LogP contribution in [-0.4, -0.2) is 34.5 Å². The highest BCUT2D eigenvalue weighted by Crippen LogP contribution is 2.26. The monoisotopic (exact) mass is 560 g/mol. The van der Waals surface area contributed by atoms with Crippen molar-refractivity contribution in [1.29, 1.82) is 0 Å². The van der Waals surface area contributed by atoms with Gasteiger partial charge in [-0.15, -0.1) is 0 Å². The van der Waals surface area contributed by atoms with E-state index in [2.05, 4.69) is 10.1 Å². The maximum atomic E-state index is 13.2. The minimum atomic E-state index is -3.89. The molecule has 0 fully saturated rings. The molecular weight excluding hydrogens is 543 g/mol. The molecule has 0 atom stereocenters. The van der Waals surface area contributed by atoms with E-state index < -0.39 is 10.0 Å². The number of hydrogen-bond acceptors (Lipinski definition) is 7. The summed E-state index contributed by atoms with van der Waals surface area (Å²) in [5, 5.41) is 5.11. The number of rotatable bonds is 7. The van der Waals surface area contributed by atoms with Crippen LogP contribution in [0.4, 0.5) is 0 Å². The summed E-state index contributed by atoms with van der Waals surface area (Å²) in [5.41, 5.74) is 2.27. The second kappa shape index (κ2) is 9.79. The van der Waals surface area contributed by atoms with Crippen molar-refractivity contribution in [3.05, 3.63) is 97.9 Å². The van der Waals surface area contributed by atoms with Gasteiger partial charge in [0, 0.05) is 22.7 Å². The van der Waals surface area contributed by atoms with E-state index >= 15 is 0 Å². The van der Waals surface area contributed by atoms with Gasteiger partial charge in [0.25, 0.3) is 0 Å². The van der Waals surface area contributed by atoms with Gasteiger partial charge < -0.3 is 4.52 Å². The highest BCUT2D eigenvalue weighted by molar-refractivity contribution is 7.89. The summed E-state index contributed by atoms with van der Waals surface area (Å²) in [4.78, 5) is 16.8. The molecule has 0 N–H and O–H groups in total. The molecule has 0 saturated carbocycles. The van der Waals surface area contributed by atoms with E-state index in [1.807, 2.05) is 12.1 Å². The first-order valence-electron chi connectivity index (χ1n) is 10.6. The van der Waals surface area contributed by atoms with Crippen LogP contribution in [-0.2, 0) is 23.1 Å². The lowest BCUT2D eigenvalue weighted by Gasteiger charge is -2.15. The van der Waals surface area contributed by atoms with E-state index in [1.54, 1.807) is 47.0 Å². The molecule has 3 aromatic carbocycles. The van der Waals surface area contributed by atoms with Crippen molar-refractivity contribution in [2.24, 2.45) is 0 Å². The van der Waals surface area contributed by atoms with Crippen LogP contribution in [0.15, 0.2) is 80.9 Å². The molecule has 0 aliphatic carbocycles. The van der Waals surface area contributed by atoms with Crippen molar-refractivity contribution in [3.63, 3.8) is 0 Å². The molecular formula is C24H18Cl2N4O4S2. The third kappa shape index (κ3) is 4.95. The van der Waals surface area contributed by atoms with Crippen molar-refractivity contribution in [3.8, 4) is 11.4 Å². The highest BCUT2D eigenvalue weighted by Gasteiger charge is 2.24. The van der Waals surface area contributed by atoms with Crippen LogP contribution in [0.3, 0.4) is 0 Å². The van der Waals surface area contributed by atoms with Gasteiger partial charge >= 0.3 is 4.87 Å². The van der Waals surface area contributed by atoms with Crippen LogP contribution in [0.2, 0.25) is 10.0 Å². The van der Waals surface area contributed by atoms with Gasteiger partial charge in [0.05, 0.1) is 28.2 Å². The second-order valence-electron chi connectivity index (χ2n) is 7.99. The Bertz CT molecular complexity index is 1710. The number of aromatic nitrogens is 3. The lowest BCUT2D eigenvalue weighted by Crippen LogP contribution is -2.26. The molecule has 0 bridgehead atoms. The standard InChI is InChI=1S/C24H18Cl2N4O4S2/c1-29(14-22-27-23(28-34-22)16-4-8-18(26)9-5-16)36(32,33)19-10-11-20-21(12-19)35-24(31)30(20)13-15-2-6-17(25)7-3-15/h2-12H,13-14H2,1H3. The molecule has 0 aliphatic heterocycles. The molecule has 2 aromatic heterocycles. The third-order valence-corrected chi connectivity index (χ3v) is 8.78. The number of halogens is 2. The van der Waals surface area contributed by atoms with Gasteiger partial charge in [0.15, 0.2) is 0 Å². The predicted octanol–water partition coefficient (Wildman–Crippen LogP) is 5.29. The summed E-state index contributed by atoms with van der Waals surface area (Å²) in [7, 11) is -2.46. The van der Waals surface area contributed by atoms with Gasteiger partial charge in [-0.3, -0.25) is 9.36 Å². The lowest BCUT2D eigenvalue weighted by atomic mass is 10.2. The molecule has 0 aliphatic rings. The molecule has 36 heavy (non-hydrogen) atoms. The fourth-order valence-corrected chi connectivity index (χ4v) is 6.02. The zero-order chi connectivity index (χ0) is 25.4. The molecule has 2 heterocycles.